The third-order valence-corrected chi connectivity index (χ3v) is 6.64. The van der Waals surface area contributed by atoms with E-state index in [1.54, 1.807) is 45.3 Å². The number of hydrogen-bond acceptors (Lipinski definition) is 9. The molecule has 1 fully saturated rings. The molecule has 0 aliphatic carbocycles. The average molecular weight is 514 g/mol. The van der Waals surface area contributed by atoms with Crippen LogP contribution in [0.25, 0.3) is 34.3 Å². The highest BCUT2D eigenvalue weighted by Crippen LogP contribution is 2.29. The number of nitrogens with zero attached hydrogens (tertiary/aromatic N) is 6. The zero-order valence-electron chi connectivity index (χ0n) is 21.5. The molecule has 0 amide bonds. The molecule has 4 aromatic rings. The molecule has 0 unspecified atom stereocenters. The zero-order valence-corrected chi connectivity index (χ0v) is 21.5. The Hall–Kier alpha value is -4.07. The molecule has 0 radical (unpaired) electrons. The second-order valence-electron chi connectivity index (χ2n) is 9.85. The van der Waals surface area contributed by atoms with Crippen LogP contribution in [0.5, 0.6) is 0 Å². The van der Waals surface area contributed by atoms with Crippen molar-refractivity contribution >= 4 is 0 Å². The van der Waals surface area contributed by atoms with Gasteiger partial charge in [0.25, 0.3) is 11.8 Å². The van der Waals surface area contributed by atoms with Crippen molar-refractivity contribution in [1.29, 1.82) is 5.26 Å². The molecular weight excluding hydrogens is 485 g/mol. The molecule has 194 valence electrons. The number of ether oxygens (including phenoxy) is 1. The number of halogens is 1. The molecule has 1 saturated heterocycles. The molecule has 3 aromatic heterocycles. The fourth-order valence-electron chi connectivity index (χ4n) is 4.21. The van der Waals surface area contributed by atoms with Gasteiger partial charge in [-0.25, -0.2) is 9.37 Å². The summed E-state index contributed by atoms with van der Waals surface area (Å²) in [4.78, 5) is 13.5. The minimum atomic E-state index is -0.751. The monoisotopic (exact) mass is 513 g/mol. The van der Waals surface area contributed by atoms with Crippen LogP contribution in [0.2, 0.25) is 0 Å². The fraction of sp³-hybridized carbons (Fsp3) is 0.357. The normalized spacial score (nSPS) is 14.4. The Morgan fingerprint density at radius 2 is 1.89 bits per heavy atom. The topological polar surface area (TPSA) is 123 Å². The van der Waals surface area contributed by atoms with E-state index in [4.69, 9.17) is 14.1 Å². The van der Waals surface area contributed by atoms with Crippen LogP contribution in [0.3, 0.4) is 0 Å². The number of aromatic nitrogens is 5. The molecule has 1 aliphatic heterocycles. The van der Waals surface area contributed by atoms with Gasteiger partial charge in [0.15, 0.2) is 0 Å². The summed E-state index contributed by atoms with van der Waals surface area (Å²) in [5, 5.41) is 21.1. The van der Waals surface area contributed by atoms with Crippen LogP contribution < -0.4 is 5.32 Å². The predicted molar refractivity (Wildman–Crippen MR) is 138 cm³/mol. The summed E-state index contributed by atoms with van der Waals surface area (Å²) in [5.74, 6) is -0.231. The summed E-state index contributed by atoms with van der Waals surface area (Å²) in [7, 11) is 0. The Kier molecular flexibility index (Phi) is 7.22. The van der Waals surface area contributed by atoms with Crippen molar-refractivity contribution in [2.75, 3.05) is 13.2 Å². The van der Waals surface area contributed by atoms with Gasteiger partial charge in [-0.3, -0.25) is 9.97 Å². The number of benzene rings is 1. The van der Waals surface area contributed by atoms with E-state index in [1.807, 2.05) is 12.1 Å². The molecule has 38 heavy (non-hydrogen) atoms. The lowest BCUT2D eigenvalue weighted by atomic mass is 9.90. The predicted octanol–water partition coefficient (Wildman–Crippen LogP) is 4.77. The summed E-state index contributed by atoms with van der Waals surface area (Å²) in [6.07, 6.45) is 5.19. The molecule has 9 nitrogen and oxygen atoms in total. The molecule has 1 N–H and O–H groups in total. The molecule has 5 rings (SSSR count). The van der Waals surface area contributed by atoms with Gasteiger partial charge in [0.05, 0.1) is 40.3 Å². The van der Waals surface area contributed by atoms with Crippen LogP contribution in [0, 0.1) is 24.1 Å². The third kappa shape index (κ3) is 5.44. The van der Waals surface area contributed by atoms with Gasteiger partial charge >= 0.3 is 0 Å². The van der Waals surface area contributed by atoms with Gasteiger partial charge in [0.2, 0.25) is 0 Å². The van der Waals surface area contributed by atoms with E-state index in [9.17, 15) is 5.26 Å². The van der Waals surface area contributed by atoms with E-state index in [-0.39, 0.29) is 17.3 Å². The summed E-state index contributed by atoms with van der Waals surface area (Å²) >= 11 is 0. The molecule has 10 heteroatoms. The fourth-order valence-corrected chi connectivity index (χ4v) is 4.21. The lowest BCUT2D eigenvalue weighted by Crippen LogP contribution is -2.34. The molecule has 1 aromatic carbocycles. The van der Waals surface area contributed by atoms with Crippen LogP contribution in [0.4, 0.5) is 4.39 Å². The lowest BCUT2D eigenvalue weighted by molar-refractivity contribution is 0.0776. The van der Waals surface area contributed by atoms with Crippen molar-refractivity contribution in [3.8, 4) is 40.4 Å². The highest BCUT2D eigenvalue weighted by Gasteiger charge is 2.23. The number of pyridine rings is 1. The average Bonchev–Trinajstić information content (AvgIpc) is 3.42. The SMILES string of the molecule is Cc1ncc(-c2ccnc(C(C)(C)C#N)c2)nc1-c1nnc(-c2ccc(CNC3CCOCC3)cc2F)o1. The first-order chi connectivity index (χ1) is 18.3. The Morgan fingerprint density at radius 1 is 1.11 bits per heavy atom. The van der Waals surface area contributed by atoms with Crippen LogP contribution in [0.15, 0.2) is 47.1 Å². The van der Waals surface area contributed by atoms with Gasteiger partial charge in [-0.2, -0.15) is 5.26 Å². The summed E-state index contributed by atoms with van der Waals surface area (Å²) in [6, 6.07) is 11.2. The van der Waals surface area contributed by atoms with Gasteiger partial charge in [0, 0.05) is 37.6 Å². The highest BCUT2D eigenvalue weighted by atomic mass is 19.1. The summed E-state index contributed by atoms with van der Waals surface area (Å²) in [6.45, 7) is 7.47. The molecule has 0 saturated carbocycles. The number of hydrogen-bond donors (Lipinski definition) is 1. The first-order valence-corrected chi connectivity index (χ1v) is 12.5. The van der Waals surface area contributed by atoms with Crippen LogP contribution in [-0.2, 0) is 16.7 Å². The van der Waals surface area contributed by atoms with Gasteiger partial charge in [-0.15, -0.1) is 10.2 Å². The van der Waals surface area contributed by atoms with Gasteiger partial charge in [-0.1, -0.05) is 6.07 Å². The standard InChI is InChI=1S/C28H28FN7O2/c1-17-25(34-23(15-32-17)19-6-9-31-24(13-19)28(2,3)16-30)27-36-35-26(38-27)21-5-4-18(12-22(21)29)14-33-20-7-10-37-11-8-20/h4-6,9,12-13,15,20,33H,7-8,10-11,14H2,1-3H3. The second-order valence-corrected chi connectivity index (χ2v) is 9.85. The van der Waals surface area contributed by atoms with E-state index in [2.05, 4.69) is 31.6 Å². The lowest BCUT2D eigenvalue weighted by Gasteiger charge is -2.23. The minimum Gasteiger partial charge on any atom is -0.414 e. The van der Waals surface area contributed by atoms with Crippen molar-refractivity contribution in [2.24, 2.45) is 0 Å². The number of aryl methyl sites for hydroxylation is 1. The van der Waals surface area contributed by atoms with Crippen molar-refractivity contribution in [2.45, 2.75) is 51.6 Å². The third-order valence-electron chi connectivity index (χ3n) is 6.64. The largest absolute Gasteiger partial charge is 0.414 e. The van der Waals surface area contributed by atoms with Crippen LogP contribution in [0.1, 0.15) is 43.6 Å². The van der Waals surface area contributed by atoms with E-state index in [0.29, 0.717) is 35.4 Å². The molecule has 0 atom stereocenters. The molecule has 0 bridgehead atoms. The number of nitriles is 1. The first kappa shape index (κ1) is 25.6. The van der Waals surface area contributed by atoms with Crippen LogP contribution >= 0.6 is 0 Å². The van der Waals surface area contributed by atoms with Crippen molar-refractivity contribution in [1.82, 2.24) is 30.5 Å². The zero-order chi connectivity index (χ0) is 26.7. The Balaban J connectivity index is 1.37. The van der Waals surface area contributed by atoms with E-state index < -0.39 is 11.2 Å². The Labute approximate surface area is 220 Å². The van der Waals surface area contributed by atoms with E-state index in [1.165, 1.54) is 6.07 Å². The Morgan fingerprint density at radius 3 is 2.66 bits per heavy atom. The smallest absolute Gasteiger partial charge is 0.268 e. The van der Waals surface area contributed by atoms with E-state index in [0.717, 1.165) is 37.2 Å². The maximum atomic E-state index is 15.0. The van der Waals surface area contributed by atoms with E-state index >= 15 is 4.39 Å². The molecular formula is C28H28FN7O2. The van der Waals surface area contributed by atoms with Crippen LogP contribution in [-0.4, -0.2) is 44.4 Å². The maximum absolute atomic E-state index is 15.0. The molecule has 1 aliphatic rings. The summed E-state index contributed by atoms with van der Waals surface area (Å²) < 4.78 is 26.2. The molecule has 0 spiro atoms. The maximum Gasteiger partial charge on any atom is 0.268 e. The summed E-state index contributed by atoms with van der Waals surface area (Å²) in [5.41, 5.74) is 3.24. The number of nitrogens with one attached hydrogen (secondary N) is 1. The first-order valence-electron chi connectivity index (χ1n) is 12.5. The van der Waals surface area contributed by atoms with Gasteiger partial charge in [0.1, 0.15) is 11.5 Å². The quantitative estimate of drug-likeness (QED) is 0.372. The van der Waals surface area contributed by atoms with Gasteiger partial charge < -0.3 is 14.5 Å². The Bertz CT molecular complexity index is 1490. The minimum absolute atomic E-state index is 0.0648. The number of rotatable bonds is 7. The van der Waals surface area contributed by atoms with Gasteiger partial charge in [-0.05, 0) is 63.4 Å². The molecule has 4 heterocycles. The van der Waals surface area contributed by atoms with Crippen molar-refractivity contribution < 1.29 is 13.5 Å². The highest BCUT2D eigenvalue weighted by molar-refractivity contribution is 5.64. The second kappa shape index (κ2) is 10.7. The van der Waals surface area contributed by atoms with Crippen molar-refractivity contribution in [3.05, 3.63) is 65.5 Å². The van der Waals surface area contributed by atoms with Crippen molar-refractivity contribution in [3.63, 3.8) is 0 Å².